The van der Waals surface area contributed by atoms with E-state index in [0.29, 0.717) is 0 Å². The number of aryl methyl sites for hydroxylation is 1. The molecule has 1 rings (SSSR count). The molecule has 104 valence electrons. The molecule has 0 saturated heterocycles. The van der Waals surface area contributed by atoms with Crippen molar-refractivity contribution in [3.8, 4) is 0 Å². The number of hydrogen-bond acceptors (Lipinski definition) is 4. The molecule has 0 amide bonds. The van der Waals surface area contributed by atoms with E-state index in [-0.39, 0.29) is 24.3 Å². The average Bonchev–Trinajstić information content (AvgIpc) is 2.63. The summed E-state index contributed by atoms with van der Waals surface area (Å²) < 4.78 is 31.4. The highest BCUT2D eigenvalue weighted by Gasteiger charge is 2.18. The van der Waals surface area contributed by atoms with Crippen LogP contribution in [0.4, 0.5) is 0 Å². The van der Waals surface area contributed by atoms with Crippen molar-refractivity contribution in [2.45, 2.75) is 26.9 Å². The molecule has 0 fully saturated rings. The summed E-state index contributed by atoms with van der Waals surface area (Å²) in [6, 6.07) is 3.99. The summed E-state index contributed by atoms with van der Waals surface area (Å²) in [6.45, 7) is 6.07. The molecule has 4 nitrogen and oxygen atoms in total. The molecule has 6 heteroatoms. The second-order valence-corrected chi connectivity index (χ2v) is 7.87. The molecular weight excluding hydrogens is 270 g/mol. The Morgan fingerprint density at radius 2 is 2.06 bits per heavy atom. The van der Waals surface area contributed by atoms with Gasteiger partial charge in [-0.3, -0.25) is 0 Å². The summed E-state index contributed by atoms with van der Waals surface area (Å²) >= 11 is 1.63. The predicted molar refractivity (Wildman–Crippen MR) is 75.4 cm³/mol. The third-order valence-corrected chi connectivity index (χ3v) is 5.21. The van der Waals surface area contributed by atoms with E-state index in [4.69, 9.17) is 4.74 Å². The van der Waals surface area contributed by atoms with Gasteiger partial charge in [-0.15, -0.1) is 11.3 Å². The van der Waals surface area contributed by atoms with E-state index in [9.17, 15) is 8.42 Å². The number of ether oxygens (including phenoxy) is 1. The molecule has 1 N–H and O–H groups in total. The van der Waals surface area contributed by atoms with Crippen LogP contribution >= 0.6 is 11.3 Å². The molecule has 1 atom stereocenters. The van der Waals surface area contributed by atoms with Crippen molar-refractivity contribution in [3.05, 3.63) is 21.9 Å². The van der Waals surface area contributed by atoms with Crippen LogP contribution in [0.3, 0.4) is 0 Å². The van der Waals surface area contributed by atoms with Gasteiger partial charge in [-0.05, 0) is 25.0 Å². The van der Waals surface area contributed by atoms with E-state index >= 15 is 0 Å². The first kappa shape index (κ1) is 15.6. The lowest BCUT2D eigenvalue weighted by Crippen LogP contribution is -2.32. The van der Waals surface area contributed by atoms with Gasteiger partial charge in [0.1, 0.15) is 6.10 Å². The third-order valence-electron chi connectivity index (χ3n) is 2.40. The van der Waals surface area contributed by atoms with Crippen LogP contribution in [0.5, 0.6) is 0 Å². The van der Waals surface area contributed by atoms with Gasteiger partial charge in [0.05, 0.1) is 5.75 Å². The number of sulfonamides is 1. The zero-order valence-corrected chi connectivity index (χ0v) is 12.9. The lowest BCUT2D eigenvalue weighted by Gasteiger charge is -2.15. The Morgan fingerprint density at radius 3 is 2.50 bits per heavy atom. The van der Waals surface area contributed by atoms with Crippen molar-refractivity contribution in [1.82, 2.24) is 4.72 Å². The van der Waals surface area contributed by atoms with E-state index in [2.05, 4.69) is 4.72 Å². The van der Waals surface area contributed by atoms with Gasteiger partial charge in [0, 0.05) is 23.4 Å². The Bertz CT molecular complexity index is 465. The van der Waals surface area contributed by atoms with Crippen LogP contribution in [0.1, 0.15) is 29.7 Å². The van der Waals surface area contributed by atoms with Crippen molar-refractivity contribution in [2.24, 2.45) is 5.92 Å². The summed E-state index contributed by atoms with van der Waals surface area (Å²) in [4.78, 5) is 2.24. The highest BCUT2D eigenvalue weighted by molar-refractivity contribution is 7.89. The molecule has 18 heavy (non-hydrogen) atoms. The van der Waals surface area contributed by atoms with Gasteiger partial charge in [0.2, 0.25) is 10.0 Å². The Kier molecular flexibility index (Phi) is 5.78. The molecule has 0 unspecified atom stereocenters. The van der Waals surface area contributed by atoms with Gasteiger partial charge in [-0.25, -0.2) is 13.1 Å². The Labute approximate surface area is 113 Å². The highest BCUT2D eigenvalue weighted by atomic mass is 32.2. The lowest BCUT2D eigenvalue weighted by molar-refractivity contribution is 0.110. The van der Waals surface area contributed by atoms with Crippen LogP contribution in [-0.4, -0.2) is 27.8 Å². The van der Waals surface area contributed by atoms with Crippen molar-refractivity contribution in [3.63, 3.8) is 0 Å². The van der Waals surface area contributed by atoms with Gasteiger partial charge >= 0.3 is 0 Å². The molecule has 0 aromatic carbocycles. The number of rotatable bonds is 7. The average molecular weight is 291 g/mol. The van der Waals surface area contributed by atoms with E-state index in [1.165, 1.54) is 4.88 Å². The zero-order chi connectivity index (χ0) is 13.8. The van der Waals surface area contributed by atoms with Crippen LogP contribution in [0.15, 0.2) is 12.1 Å². The molecule has 1 aromatic heterocycles. The van der Waals surface area contributed by atoms with Gasteiger partial charge < -0.3 is 4.74 Å². The number of nitrogens with one attached hydrogen (secondary N) is 1. The van der Waals surface area contributed by atoms with Crippen molar-refractivity contribution < 1.29 is 13.2 Å². The monoisotopic (exact) mass is 291 g/mol. The summed E-state index contributed by atoms with van der Waals surface area (Å²) in [7, 11) is -1.62. The normalized spacial score (nSPS) is 14.1. The first-order chi connectivity index (χ1) is 8.34. The Balaban J connectivity index is 2.60. The summed E-state index contributed by atoms with van der Waals surface area (Å²) in [6.07, 6.45) is -0.217. The largest absolute Gasteiger partial charge is 0.375 e. The van der Waals surface area contributed by atoms with E-state index in [1.807, 2.05) is 32.9 Å². The number of hydrogen-bond donors (Lipinski definition) is 1. The fraction of sp³-hybridized carbons (Fsp3) is 0.667. The minimum absolute atomic E-state index is 0.118. The molecule has 0 aliphatic heterocycles. The maximum absolute atomic E-state index is 11.7. The highest BCUT2D eigenvalue weighted by Crippen LogP contribution is 2.24. The second kappa shape index (κ2) is 6.65. The summed E-state index contributed by atoms with van der Waals surface area (Å²) in [5.41, 5.74) is 0. The maximum atomic E-state index is 11.7. The molecule has 0 spiro atoms. The lowest BCUT2D eigenvalue weighted by atomic mass is 10.3. The second-order valence-electron chi connectivity index (χ2n) is 4.70. The van der Waals surface area contributed by atoms with E-state index in [0.717, 1.165) is 4.88 Å². The van der Waals surface area contributed by atoms with Crippen molar-refractivity contribution in [1.29, 1.82) is 0 Å². The summed E-state index contributed by atoms with van der Waals surface area (Å²) in [5, 5.41) is 0. The topological polar surface area (TPSA) is 55.4 Å². The van der Waals surface area contributed by atoms with Crippen molar-refractivity contribution in [2.75, 3.05) is 19.4 Å². The van der Waals surface area contributed by atoms with Gasteiger partial charge in [-0.1, -0.05) is 13.8 Å². The minimum Gasteiger partial charge on any atom is -0.375 e. The fourth-order valence-electron chi connectivity index (χ4n) is 1.63. The molecule has 1 aromatic rings. The quantitative estimate of drug-likeness (QED) is 0.839. The molecule has 0 bridgehead atoms. The maximum Gasteiger partial charge on any atom is 0.211 e. The number of thiophene rings is 1. The van der Waals surface area contributed by atoms with Crippen LogP contribution in [0.25, 0.3) is 0 Å². The van der Waals surface area contributed by atoms with Gasteiger partial charge in [0.15, 0.2) is 0 Å². The smallest absolute Gasteiger partial charge is 0.211 e. The van der Waals surface area contributed by atoms with Gasteiger partial charge in [0.25, 0.3) is 0 Å². The van der Waals surface area contributed by atoms with Crippen molar-refractivity contribution >= 4 is 21.4 Å². The fourth-order valence-corrected chi connectivity index (χ4v) is 3.98. The first-order valence-electron chi connectivity index (χ1n) is 5.90. The minimum atomic E-state index is -3.21. The molecule has 0 aliphatic carbocycles. The summed E-state index contributed by atoms with van der Waals surface area (Å²) in [5.74, 6) is 0.264. The molecule has 0 aliphatic rings. The number of methoxy groups -OCH3 is 1. The predicted octanol–water partition coefficient (Wildman–Crippen LogP) is 2.32. The standard InChI is InChI=1S/C12H21NO3S2/c1-9(2)8-18(14,15)13-7-11(16-4)12-6-5-10(3)17-12/h5-6,9,11,13H,7-8H2,1-4H3/t11-/m1/s1. The van der Waals surface area contributed by atoms with Crippen LogP contribution in [0, 0.1) is 12.8 Å². The molecule has 0 radical (unpaired) electrons. The molecule has 0 saturated carbocycles. The SMILES string of the molecule is CO[C@H](CNS(=O)(=O)CC(C)C)c1ccc(C)s1. The van der Waals surface area contributed by atoms with Crippen LogP contribution < -0.4 is 4.72 Å². The van der Waals surface area contributed by atoms with E-state index < -0.39 is 10.0 Å². The van der Waals surface area contributed by atoms with Crippen LogP contribution in [-0.2, 0) is 14.8 Å². The third kappa shape index (κ3) is 5.06. The molecule has 1 heterocycles. The Hall–Kier alpha value is -0.430. The van der Waals surface area contributed by atoms with Crippen LogP contribution in [0.2, 0.25) is 0 Å². The Morgan fingerprint density at radius 1 is 1.39 bits per heavy atom. The molecular formula is C12H21NO3S2. The first-order valence-corrected chi connectivity index (χ1v) is 8.37. The zero-order valence-electron chi connectivity index (χ0n) is 11.3. The van der Waals surface area contributed by atoms with E-state index in [1.54, 1.807) is 18.4 Å². The van der Waals surface area contributed by atoms with Gasteiger partial charge in [-0.2, -0.15) is 0 Å².